The SMILES string of the molecule is [O-2].[O]=[Ni].[Sr+2]. The summed E-state index contributed by atoms with van der Waals surface area (Å²) in [4.78, 5) is 0. The minimum Gasteiger partial charge on any atom is 2.00 e. The third-order valence-electron chi connectivity index (χ3n) is 0. The molecule has 4 heteroatoms. The smallest absolute Gasteiger partial charge is 2.00 e. The standard InChI is InChI=1S/Ni.2O.Sr/q;;-2;+2. The van der Waals surface area contributed by atoms with Gasteiger partial charge in [-0.05, 0) is 0 Å². The normalized spacial score (nSPS) is 1.50. The van der Waals surface area contributed by atoms with Gasteiger partial charge >= 0.3 is 64.8 Å². The van der Waals surface area contributed by atoms with Gasteiger partial charge in [0.25, 0.3) is 0 Å². The van der Waals surface area contributed by atoms with E-state index in [-0.39, 0.29) is 51.0 Å². The molecule has 0 radical (unpaired) electrons. The minimum absolute atomic E-state index is 0. The fraction of sp³-hybridized carbons (Fsp3) is 0. The van der Waals surface area contributed by atoms with Crippen LogP contribution in [0.2, 0.25) is 0 Å². The van der Waals surface area contributed by atoms with Crippen LogP contribution in [0.25, 0.3) is 0 Å². The van der Waals surface area contributed by atoms with Crippen molar-refractivity contribution in [2.45, 2.75) is 0 Å². The Kier molecular flexibility index (Phi) is 94.3. The summed E-state index contributed by atoms with van der Waals surface area (Å²) in [7, 11) is 0. The maximum absolute atomic E-state index is 7.88. The molecule has 0 N–H and O–H groups in total. The molecule has 0 rings (SSSR count). The molecule has 0 amide bonds. The van der Waals surface area contributed by atoms with Gasteiger partial charge in [0, 0.05) is 0 Å². The molecule has 0 aromatic carbocycles. The monoisotopic (exact) mass is 178 g/mol. The molecule has 0 fully saturated rings. The van der Waals surface area contributed by atoms with Crippen LogP contribution in [0.3, 0.4) is 0 Å². The Morgan fingerprint density at radius 1 is 1.25 bits per heavy atom. The Labute approximate surface area is 69.1 Å². The van der Waals surface area contributed by atoms with Gasteiger partial charge in [0.05, 0.1) is 0 Å². The Hall–Kier alpha value is 1.73. The van der Waals surface area contributed by atoms with Crippen molar-refractivity contribution in [1.82, 2.24) is 0 Å². The molecule has 0 aliphatic carbocycles. The molecular formula is NiO2Sr. The van der Waals surface area contributed by atoms with Crippen LogP contribution in [-0.2, 0) is 24.8 Å². The van der Waals surface area contributed by atoms with E-state index in [4.69, 9.17) is 3.90 Å². The molecule has 0 bridgehead atoms. The molecule has 0 spiro atoms. The number of hydrogen-bond acceptors (Lipinski definition) is 1. The predicted octanol–water partition coefficient (Wildman–Crippen LogP) is -0.621. The molecule has 0 saturated heterocycles. The van der Waals surface area contributed by atoms with E-state index in [2.05, 4.69) is 15.4 Å². The fourth-order valence-corrected chi connectivity index (χ4v) is 0. The summed E-state index contributed by atoms with van der Waals surface area (Å²) >= 11 is 2.62. The Bertz CT molecular complexity index is 6.00. The van der Waals surface area contributed by atoms with E-state index in [1.54, 1.807) is 0 Å². The summed E-state index contributed by atoms with van der Waals surface area (Å²) in [6.45, 7) is 0. The summed E-state index contributed by atoms with van der Waals surface area (Å²) in [6.07, 6.45) is 0. The zero-order chi connectivity index (χ0) is 2.00. The average Bonchev–Trinajstić information content (AvgIpc) is 1.00. The van der Waals surface area contributed by atoms with Crippen LogP contribution in [0.4, 0.5) is 0 Å². The second-order valence-corrected chi connectivity index (χ2v) is 0. The zero-order valence-electron chi connectivity index (χ0n) is 1.84. The van der Waals surface area contributed by atoms with Crippen LogP contribution in [0.5, 0.6) is 0 Å². The first-order chi connectivity index (χ1) is 1.00. The predicted molar refractivity (Wildman–Crippen MR) is 7.13 cm³/mol. The molecule has 0 aliphatic heterocycles. The second kappa shape index (κ2) is 22.0. The topological polar surface area (TPSA) is 45.6 Å². The molecule has 24 valence electrons. The average molecular weight is 178 g/mol. The summed E-state index contributed by atoms with van der Waals surface area (Å²) in [5, 5.41) is 0. The number of rotatable bonds is 0. The van der Waals surface area contributed by atoms with Crippen LogP contribution in [0.1, 0.15) is 0 Å². The molecule has 0 aliphatic rings. The minimum atomic E-state index is 0. The molecule has 2 nitrogen and oxygen atoms in total. The van der Waals surface area contributed by atoms with E-state index in [9.17, 15) is 0 Å². The van der Waals surface area contributed by atoms with Gasteiger partial charge in [-0.25, -0.2) is 0 Å². The van der Waals surface area contributed by atoms with E-state index < -0.39 is 0 Å². The molecule has 0 heterocycles. The van der Waals surface area contributed by atoms with Crippen molar-refractivity contribution in [3.63, 3.8) is 0 Å². The molecule has 0 atom stereocenters. The van der Waals surface area contributed by atoms with Crippen molar-refractivity contribution in [2.75, 3.05) is 0 Å². The quantitative estimate of drug-likeness (QED) is 0.456. The number of hydrogen-bond donors (Lipinski definition) is 0. The summed E-state index contributed by atoms with van der Waals surface area (Å²) in [5.41, 5.74) is 0. The van der Waals surface area contributed by atoms with Gasteiger partial charge in [-0.2, -0.15) is 0 Å². The van der Waals surface area contributed by atoms with Crippen molar-refractivity contribution >= 4 is 45.5 Å². The van der Waals surface area contributed by atoms with Crippen LogP contribution in [-0.4, -0.2) is 45.5 Å². The Balaban J connectivity index is -0.00000000500. The fourth-order valence-electron chi connectivity index (χ4n) is 0. The maximum atomic E-state index is 7.88. The van der Waals surface area contributed by atoms with Crippen LogP contribution in [0.15, 0.2) is 0 Å². The van der Waals surface area contributed by atoms with Crippen LogP contribution in [0, 0.1) is 0 Å². The van der Waals surface area contributed by atoms with E-state index >= 15 is 0 Å². The van der Waals surface area contributed by atoms with E-state index in [1.807, 2.05) is 0 Å². The summed E-state index contributed by atoms with van der Waals surface area (Å²) in [6, 6.07) is 0. The molecule has 0 unspecified atom stereocenters. The van der Waals surface area contributed by atoms with Crippen molar-refractivity contribution in [3.05, 3.63) is 0 Å². The van der Waals surface area contributed by atoms with Gasteiger partial charge in [-0.1, -0.05) is 0 Å². The van der Waals surface area contributed by atoms with Gasteiger partial charge in [-0.15, -0.1) is 0 Å². The van der Waals surface area contributed by atoms with E-state index in [0.29, 0.717) is 0 Å². The van der Waals surface area contributed by atoms with Gasteiger partial charge < -0.3 is 5.48 Å². The molecular weight excluding hydrogens is 178 g/mol. The second-order valence-electron chi connectivity index (χ2n) is 0. The zero-order valence-corrected chi connectivity index (χ0v) is 6.30. The Morgan fingerprint density at radius 2 is 1.25 bits per heavy atom. The van der Waals surface area contributed by atoms with E-state index in [1.165, 1.54) is 0 Å². The van der Waals surface area contributed by atoms with Crippen molar-refractivity contribution in [1.29, 1.82) is 0 Å². The third-order valence-corrected chi connectivity index (χ3v) is 0. The van der Waals surface area contributed by atoms with Crippen molar-refractivity contribution in [2.24, 2.45) is 0 Å². The summed E-state index contributed by atoms with van der Waals surface area (Å²) in [5.74, 6) is 0. The first-order valence-corrected chi connectivity index (χ1v) is 0.532. The van der Waals surface area contributed by atoms with E-state index in [0.717, 1.165) is 0 Å². The van der Waals surface area contributed by atoms with Gasteiger partial charge in [0.2, 0.25) is 0 Å². The summed E-state index contributed by atoms with van der Waals surface area (Å²) < 4.78 is 7.88. The van der Waals surface area contributed by atoms with Crippen molar-refractivity contribution in [3.8, 4) is 0 Å². The molecule has 4 heavy (non-hydrogen) atoms. The van der Waals surface area contributed by atoms with Crippen LogP contribution < -0.4 is 0 Å². The van der Waals surface area contributed by atoms with Gasteiger partial charge in [0.1, 0.15) is 0 Å². The molecule has 0 aromatic rings. The molecule has 0 aromatic heterocycles. The van der Waals surface area contributed by atoms with Gasteiger partial charge in [-0.3, -0.25) is 0 Å². The Morgan fingerprint density at radius 3 is 1.25 bits per heavy atom. The first kappa shape index (κ1) is 17.2. The van der Waals surface area contributed by atoms with Crippen molar-refractivity contribution < 1.29 is 24.8 Å². The largest absolute Gasteiger partial charge is 2.00 e. The third kappa shape index (κ3) is 9.28. The maximum Gasteiger partial charge on any atom is 2.00 e. The van der Waals surface area contributed by atoms with Crippen LogP contribution >= 0.6 is 0 Å². The molecule has 0 saturated carbocycles. The first-order valence-electron chi connectivity index (χ1n) is 0.129. The van der Waals surface area contributed by atoms with Gasteiger partial charge in [0.15, 0.2) is 0 Å².